The van der Waals surface area contributed by atoms with Crippen LogP contribution in [0.15, 0.2) is 44.8 Å². The Labute approximate surface area is 156 Å². The largest absolute Gasteiger partial charge is 0.449 e. The van der Waals surface area contributed by atoms with Crippen LogP contribution in [0.2, 0.25) is 26.2 Å². The van der Waals surface area contributed by atoms with Gasteiger partial charge in [0.2, 0.25) is 16.6 Å². The lowest BCUT2D eigenvalue weighted by molar-refractivity contribution is 0.560. The van der Waals surface area contributed by atoms with Crippen LogP contribution in [0.1, 0.15) is 51.4 Å². The van der Waals surface area contributed by atoms with Gasteiger partial charge in [0.15, 0.2) is 0 Å². The van der Waals surface area contributed by atoms with Gasteiger partial charge in [-0.05, 0) is 99.1 Å². The van der Waals surface area contributed by atoms with Gasteiger partial charge in [-0.15, -0.1) is 0 Å². The first kappa shape index (κ1) is 17.8. The first-order valence-electron chi connectivity index (χ1n) is 10.1. The molecule has 3 heteroatoms. The van der Waals surface area contributed by atoms with Gasteiger partial charge in [0.1, 0.15) is 0 Å². The number of hydrogen-bond acceptors (Lipinski definition) is 1. The van der Waals surface area contributed by atoms with Crippen molar-refractivity contribution in [3.63, 3.8) is 0 Å². The first-order chi connectivity index (χ1) is 11.9. The molecule has 0 spiro atoms. The summed E-state index contributed by atoms with van der Waals surface area (Å²) in [5.41, 5.74) is 6.51. The van der Waals surface area contributed by atoms with Crippen molar-refractivity contribution in [2.75, 3.05) is 0 Å². The average molecular weight is 369 g/mol. The summed E-state index contributed by atoms with van der Waals surface area (Å²) in [4.78, 5) is 0. The molecule has 25 heavy (non-hydrogen) atoms. The van der Waals surface area contributed by atoms with E-state index in [9.17, 15) is 0 Å². The van der Waals surface area contributed by atoms with Gasteiger partial charge in [0, 0.05) is 12.8 Å². The lowest BCUT2D eigenvalue weighted by Crippen LogP contribution is -2.48. The predicted molar refractivity (Wildman–Crippen MR) is 112 cm³/mol. The minimum absolute atomic E-state index is 1.27. The highest BCUT2D eigenvalue weighted by Crippen LogP contribution is 2.45. The molecule has 0 aromatic rings. The molecule has 0 saturated heterocycles. The molecular formula is C22H32OSi2. The molecule has 2 radical (unpaired) electrons. The van der Waals surface area contributed by atoms with E-state index < -0.39 is 16.6 Å². The summed E-state index contributed by atoms with van der Waals surface area (Å²) in [6.45, 7) is 9.73. The number of rotatable bonds is 4. The fraction of sp³-hybridized carbons (Fsp3) is 0.545. The Bertz CT molecular complexity index is 644. The van der Waals surface area contributed by atoms with Crippen molar-refractivity contribution < 1.29 is 4.12 Å². The molecule has 0 aliphatic heterocycles. The monoisotopic (exact) mass is 368 g/mol. The second kappa shape index (κ2) is 6.51. The maximum atomic E-state index is 7.12. The summed E-state index contributed by atoms with van der Waals surface area (Å²) >= 11 is 0. The predicted octanol–water partition coefficient (Wildman–Crippen LogP) is 6.52. The second-order valence-electron chi connectivity index (χ2n) is 9.04. The minimum atomic E-state index is -1.88. The summed E-state index contributed by atoms with van der Waals surface area (Å²) in [6.07, 6.45) is 20.1. The van der Waals surface area contributed by atoms with Gasteiger partial charge in [0.25, 0.3) is 0 Å². The molecule has 1 nitrogen and oxygen atoms in total. The van der Waals surface area contributed by atoms with Crippen molar-refractivity contribution in [1.82, 2.24) is 0 Å². The fourth-order valence-corrected chi connectivity index (χ4v) is 14.3. The summed E-state index contributed by atoms with van der Waals surface area (Å²) < 4.78 is 7.12. The van der Waals surface area contributed by atoms with Crippen molar-refractivity contribution in [2.45, 2.75) is 77.6 Å². The van der Waals surface area contributed by atoms with Crippen LogP contribution in [0.4, 0.5) is 0 Å². The van der Waals surface area contributed by atoms with Gasteiger partial charge in [-0.25, -0.2) is 0 Å². The zero-order valence-corrected chi connectivity index (χ0v) is 18.4. The molecule has 0 unspecified atom stereocenters. The van der Waals surface area contributed by atoms with Gasteiger partial charge >= 0.3 is 0 Å². The van der Waals surface area contributed by atoms with Crippen molar-refractivity contribution in [1.29, 1.82) is 0 Å². The maximum Gasteiger partial charge on any atom is 0.206 e. The molecule has 0 N–H and O–H groups in total. The third kappa shape index (κ3) is 3.24. The fourth-order valence-electron chi connectivity index (χ4n) is 5.29. The highest BCUT2D eigenvalue weighted by molar-refractivity contribution is 6.92. The van der Waals surface area contributed by atoms with Crippen LogP contribution in [0.5, 0.6) is 0 Å². The Balaban J connectivity index is 1.56. The van der Waals surface area contributed by atoms with E-state index in [2.05, 4.69) is 51.2 Å². The van der Waals surface area contributed by atoms with E-state index in [0.29, 0.717) is 0 Å². The van der Waals surface area contributed by atoms with Crippen LogP contribution in [-0.2, 0) is 4.12 Å². The maximum absolute atomic E-state index is 7.12. The Morgan fingerprint density at radius 3 is 1.48 bits per heavy atom. The summed E-state index contributed by atoms with van der Waals surface area (Å²) in [7, 11) is -3.76. The van der Waals surface area contributed by atoms with E-state index in [1.165, 1.54) is 51.4 Å². The van der Waals surface area contributed by atoms with Gasteiger partial charge < -0.3 is 4.12 Å². The molecule has 4 rings (SSSR count). The van der Waals surface area contributed by atoms with Crippen molar-refractivity contribution in [3.8, 4) is 0 Å². The van der Waals surface area contributed by atoms with Crippen LogP contribution >= 0.6 is 0 Å². The molecule has 0 atom stereocenters. The summed E-state index contributed by atoms with van der Waals surface area (Å²) in [5, 5.41) is 3.17. The molecule has 4 aliphatic rings. The molecule has 134 valence electrons. The van der Waals surface area contributed by atoms with Gasteiger partial charge in [-0.2, -0.15) is 0 Å². The Morgan fingerprint density at radius 1 is 0.640 bits per heavy atom. The molecule has 0 fully saturated rings. The Morgan fingerprint density at radius 2 is 1.04 bits per heavy atom. The lowest BCUT2D eigenvalue weighted by atomic mass is 9.94. The molecule has 0 heterocycles. The van der Waals surface area contributed by atoms with Gasteiger partial charge in [-0.3, -0.25) is 0 Å². The smallest absolute Gasteiger partial charge is 0.206 e. The molecule has 0 amide bonds. The lowest BCUT2D eigenvalue weighted by Gasteiger charge is -2.38. The van der Waals surface area contributed by atoms with Gasteiger partial charge in [-0.1, -0.05) is 23.3 Å². The van der Waals surface area contributed by atoms with Crippen LogP contribution in [0.25, 0.3) is 0 Å². The standard InChI is InChI=1S/C22H32OSi2/c1-24(2,21-15-13-17-9-5-7-11-19(17)21)23-25(3,4)22-16-14-18-10-6-8-12-20(18)22/h13-16H,5-12H2,1-4H3. The van der Waals surface area contributed by atoms with Crippen LogP contribution in [0, 0.1) is 12.8 Å². The van der Waals surface area contributed by atoms with E-state index in [1.54, 1.807) is 32.7 Å². The van der Waals surface area contributed by atoms with Gasteiger partial charge in [0.05, 0.1) is 0 Å². The molecule has 0 aromatic carbocycles. The van der Waals surface area contributed by atoms with E-state index >= 15 is 0 Å². The van der Waals surface area contributed by atoms with Crippen molar-refractivity contribution in [3.05, 3.63) is 57.7 Å². The summed E-state index contributed by atoms with van der Waals surface area (Å²) in [5.74, 6) is 0. The normalized spacial score (nSPS) is 24.3. The van der Waals surface area contributed by atoms with Crippen LogP contribution in [-0.4, -0.2) is 16.6 Å². The Hall–Kier alpha value is -0.646. The van der Waals surface area contributed by atoms with Crippen LogP contribution < -0.4 is 0 Å². The zero-order valence-electron chi connectivity index (χ0n) is 16.4. The van der Waals surface area contributed by atoms with E-state index in [4.69, 9.17) is 4.12 Å². The van der Waals surface area contributed by atoms with E-state index in [-0.39, 0.29) is 0 Å². The molecular weight excluding hydrogens is 336 g/mol. The zero-order chi connectivity index (χ0) is 17.7. The summed E-state index contributed by atoms with van der Waals surface area (Å²) in [6, 6.07) is 0. The Kier molecular flexibility index (Phi) is 4.62. The molecule has 0 saturated carbocycles. The minimum Gasteiger partial charge on any atom is -0.449 e. The molecule has 0 bridgehead atoms. The highest BCUT2D eigenvalue weighted by Gasteiger charge is 2.43. The highest BCUT2D eigenvalue weighted by atomic mass is 28.4. The second-order valence-corrected chi connectivity index (χ2v) is 17.0. The molecule has 4 aliphatic carbocycles. The third-order valence-corrected chi connectivity index (χ3v) is 14.0. The first-order valence-corrected chi connectivity index (χ1v) is 16.0. The average Bonchev–Trinajstić information content (AvgIpc) is 3.18. The quantitative estimate of drug-likeness (QED) is 0.513. The van der Waals surface area contributed by atoms with Crippen molar-refractivity contribution >= 4 is 16.6 Å². The van der Waals surface area contributed by atoms with Crippen molar-refractivity contribution in [2.24, 2.45) is 0 Å². The van der Waals surface area contributed by atoms with E-state index in [1.807, 2.05) is 0 Å². The number of hydrogen-bond donors (Lipinski definition) is 0. The topological polar surface area (TPSA) is 9.23 Å². The SMILES string of the molecule is C[Si](C)(O[Si](C)(C)C1=C[CH]C2=C1CCCC2)C1=C[CH]C2=C1CCCC2. The third-order valence-electron chi connectivity index (χ3n) is 6.38. The number of allylic oxidation sites excluding steroid dienone is 8. The van der Waals surface area contributed by atoms with Crippen LogP contribution in [0.3, 0.4) is 0 Å². The van der Waals surface area contributed by atoms with E-state index in [0.717, 1.165) is 0 Å². The molecule has 0 aromatic heterocycles.